The van der Waals surface area contributed by atoms with Gasteiger partial charge in [-0.05, 0) is 73.1 Å². The normalized spacial score (nSPS) is 21.8. The van der Waals surface area contributed by atoms with Gasteiger partial charge in [0.15, 0.2) is 5.58 Å². The number of carbonyl (C=O) groups is 1. The number of ether oxygens (including phenoxy) is 3. The zero-order valence-corrected chi connectivity index (χ0v) is 24.3. The van der Waals surface area contributed by atoms with E-state index >= 15 is 0 Å². The molecule has 1 saturated heterocycles. The molecule has 1 aliphatic heterocycles. The average molecular weight is 578 g/mol. The van der Waals surface area contributed by atoms with Crippen LogP contribution in [0, 0.1) is 23.2 Å². The highest BCUT2D eigenvalue weighted by atomic mass is 16.5. The number of furan rings is 1. The van der Waals surface area contributed by atoms with Crippen LogP contribution in [0.1, 0.15) is 60.9 Å². The summed E-state index contributed by atoms with van der Waals surface area (Å²) in [6.45, 7) is 1.34. The van der Waals surface area contributed by atoms with Crippen molar-refractivity contribution in [2.75, 3.05) is 20.3 Å². The summed E-state index contributed by atoms with van der Waals surface area (Å²) >= 11 is 0. The van der Waals surface area contributed by atoms with Crippen molar-refractivity contribution in [3.63, 3.8) is 0 Å². The van der Waals surface area contributed by atoms with Gasteiger partial charge < -0.3 is 23.9 Å². The van der Waals surface area contributed by atoms with Crippen LogP contribution in [0.4, 0.5) is 0 Å². The summed E-state index contributed by atoms with van der Waals surface area (Å²) in [6.07, 6.45) is 9.50. The molecule has 3 aliphatic carbocycles. The average Bonchev–Trinajstić information content (AvgIpc) is 3.50. The Morgan fingerprint density at radius 3 is 2.56 bits per heavy atom. The largest absolute Gasteiger partial charge is 0.496 e. The van der Waals surface area contributed by atoms with E-state index < -0.39 is 0 Å². The summed E-state index contributed by atoms with van der Waals surface area (Å²) in [5.74, 6) is 2.99. The summed E-state index contributed by atoms with van der Waals surface area (Å²) in [5, 5.41) is 13.2. The van der Waals surface area contributed by atoms with Crippen molar-refractivity contribution in [3.05, 3.63) is 65.9 Å². The van der Waals surface area contributed by atoms with E-state index in [1.165, 1.54) is 25.7 Å². The SMILES string of the molecule is COc1cc(C(=O)NC2CC3CCC2CC3)ccc1-c1cc2nccc(-c3ccc(OC4CCOCC4)c(C#N)c3)c2o1. The van der Waals surface area contributed by atoms with Crippen molar-refractivity contribution in [1.82, 2.24) is 10.3 Å². The van der Waals surface area contributed by atoms with Crippen molar-refractivity contribution in [2.45, 2.75) is 57.1 Å². The third-order valence-corrected chi connectivity index (χ3v) is 9.38. The van der Waals surface area contributed by atoms with Crippen molar-refractivity contribution in [2.24, 2.45) is 11.8 Å². The molecule has 1 unspecified atom stereocenters. The molecule has 2 bridgehead atoms. The molecule has 4 fully saturated rings. The predicted octanol–water partition coefficient (Wildman–Crippen LogP) is 6.91. The van der Waals surface area contributed by atoms with Crippen LogP contribution in [0.15, 0.2) is 59.1 Å². The van der Waals surface area contributed by atoms with E-state index in [-0.39, 0.29) is 18.1 Å². The van der Waals surface area contributed by atoms with Gasteiger partial charge >= 0.3 is 0 Å². The lowest BCUT2D eigenvalue weighted by Crippen LogP contribution is -2.47. The third kappa shape index (κ3) is 5.46. The highest BCUT2D eigenvalue weighted by molar-refractivity contribution is 5.97. The fourth-order valence-corrected chi connectivity index (χ4v) is 7.00. The number of nitrogens with one attached hydrogen (secondary N) is 1. The molecular formula is C35H35N3O5. The van der Waals surface area contributed by atoms with Crippen LogP contribution in [-0.4, -0.2) is 43.4 Å². The summed E-state index contributed by atoms with van der Waals surface area (Å²) in [4.78, 5) is 17.7. The molecule has 2 aromatic heterocycles. The first-order valence-electron chi connectivity index (χ1n) is 15.3. The third-order valence-electron chi connectivity index (χ3n) is 9.38. The smallest absolute Gasteiger partial charge is 0.251 e. The molecule has 8 nitrogen and oxygen atoms in total. The van der Waals surface area contributed by atoms with Gasteiger partial charge in [-0.1, -0.05) is 18.9 Å². The highest BCUT2D eigenvalue weighted by Gasteiger charge is 2.36. The fourth-order valence-electron chi connectivity index (χ4n) is 7.00. The van der Waals surface area contributed by atoms with E-state index in [1.807, 2.05) is 42.5 Å². The van der Waals surface area contributed by atoms with Gasteiger partial charge in [0, 0.05) is 42.3 Å². The molecule has 1 N–H and O–H groups in total. The molecule has 2 aromatic carbocycles. The Labute approximate surface area is 251 Å². The molecular weight excluding hydrogens is 542 g/mol. The van der Waals surface area contributed by atoms with Gasteiger partial charge in [0.25, 0.3) is 5.91 Å². The van der Waals surface area contributed by atoms with Gasteiger partial charge in [0.05, 0.1) is 31.5 Å². The van der Waals surface area contributed by atoms with Gasteiger partial charge in [-0.15, -0.1) is 0 Å². The zero-order valence-electron chi connectivity index (χ0n) is 24.3. The number of hydrogen-bond acceptors (Lipinski definition) is 7. The minimum Gasteiger partial charge on any atom is -0.496 e. The first-order valence-corrected chi connectivity index (χ1v) is 15.3. The van der Waals surface area contributed by atoms with E-state index in [4.69, 9.17) is 18.6 Å². The maximum absolute atomic E-state index is 13.2. The first kappa shape index (κ1) is 27.5. The lowest BCUT2D eigenvalue weighted by Gasteiger charge is -2.42. The number of nitriles is 1. The molecule has 8 heteroatoms. The van der Waals surface area contributed by atoms with Crippen LogP contribution in [0.25, 0.3) is 33.6 Å². The Bertz CT molecular complexity index is 1690. The van der Waals surface area contributed by atoms with E-state index in [1.54, 1.807) is 19.4 Å². The highest BCUT2D eigenvalue weighted by Crippen LogP contribution is 2.42. The molecule has 43 heavy (non-hydrogen) atoms. The molecule has 3 heterocycles. The second-order valence-electron chi connectivity index (χ2n) is 11.9. The van der Waals surface area contributed by atoms with E-state index in [2.05, 4.69) is 16.4 Å². The van der Waals surface area contributed by atoms with E-state index in [0.717, 1.165) is 41.9 Å². The topological polar surface area (TPSA) is 107 Å². The number of carbonyl (C=O) groups excluding carboxylic acids is 1. The summed E-state index contributed by atoms with van der Waals surface area (Å²) in [6, 6.07) is 17.4. The number of nitrogens with zero attached hydrogens (tertiary/aromatic N) is 2. The number of methoxy groups -OCH3 is 1. The Kier molecular flexibility index (Phi) is 7.50. The predicted molar refractivity (Wildman–Crippen MR) is 162 cm³/mol. The van der Waals surface area contributed by atoms with Gasteiger partial charge in [-0.3, -0.25) is 9.78 Å². The second kappa shape index (κ2) is 11.7. The number of hydrogen-bond donors (Lipinski definition) is 1. The van der Waals surface area contributed by atoms with E-state index in [9.17, 15) is 10.1 Å². The van der Waals surface area contributed by atoms with Gasteiger partial charge in [0.2, 0.25) is 0 Å². The first-order chi connectivity index (χ1) is 21.1. The Morgan fingerprint density at radius 2 is 1.81 bits per heavy atom. The summed E-state index contributed by atoms with van der Waals surface area (Å²) in [5.41, 5.74) is 4.72. The summed E-state index contributed by atoms with van der Waals surface area (Å²) < 4.78 is 23.7. The van der Waals surface area contributed by atoms with Crippen LogP contribution in [0.3, 0.4) is 0 Å². The number of pyridine rings is 1. The van der Waals surface area contributed by atoms with Gasteiger partial charge in [-0.2, -0.15) is 5.26 Å². The Hall–Kier alpha value is -4.35. The van der Waals surface area contributed by atoms with Crippen molar-refractivity contribution in [1.29, 1.82) is 5.26 Å². The van der Waals surface area contributed by atoms with Crippen molar-refractivity contribution < 1.29 is 23.4 Å². The quantitative estimate of drug-likeness (QED) is 0.254. The minimum absolute atomic E-state index is 0.0433. The molecule has 1 amide bonds. The van der Waals surface area contributed by atoms with E-state index in [0.29, 0.717) is 58.6 Å². The fraction of sp³-hybridized carbons (Fsp3) is 0.400. The molecule has 0 radical (unpaired) electrons. The number of rotatable bonds is 7. The molecule has 3 saturated carbocycles. The molecule has 0 spiro atoms. The van der Waals surface area contributed by atoms with Crippen LogP contribution >= 0.6 is 0 Å². The van der Waals surface area contributed by atoms with Gasteiger partial charge in [0.1, 0.15) is 34.9 Å². The summed E-state index contributed by atoms with van der Waals surface area (Å²) in [7, 11) is 1.60. The second-order valence-corrected chi connectivity index (χ2v) is 11.9. The maximum Gasteiger partial charge on any atom is 0.251 e. The molecule has 4 aliphatic rings. The number of benzene rings is 2. The van der Waals surface area contributed by atoms with Gasteiger partial charge in [-0.25, -0.2) is 0 Å². The zero-order chi connectivity index (χ0) is 29.3. The number of aromatic nitrogens is 1. The lowest BCUT2D eigenvalue weighted by molar-refractivity contribution is 0.0254. The molecule has 1 atom stereocenters. The molecule has 8 rings (SSSR count). The minimum atomic E-state index is -0.0616. The number of fused-ring (bicyclic) bond motifs is 4. The standard InChI is InChI=1S/C35H35N3O5/c1-40-32-18-24(35(39)38-29-16-21-2-4-22(29)5-3-21)6-8-28(32)33-19-30-34(43-33)27(10-13-37-30)23-7-9-31(25(17-23)20-36)42-26-11-14-41-15-12-26/h6-10,13,17-19,21-22,26,29H,2-5,11-12,14-16H2,1H3,(H,38,39). The van der Waals surface area contributed by atoms with Crippen LogP contribution in [0.2, 0.25) is 0 Å². The van der Waals surface area contributed by atoms with Crippen LogP contribution in [-0.2, 0) is 4.74 Å². The lowest BCUT2D eigenvalue weighted by atomic mass is 9.68. The van der Waals surface area contributed by atoms with Crippen LogP contribution in [0.5, 0.6) is 11.5 Å². The number of amides is 1. The Balaban J connectivity index is 1.15. The maximum atomic E-state index is 13.2. The van der Waals surface area contributed by atoms with Crippen molar-refractivity contribution in [3.8, 4) is 40.0 Å². The monoisotopic (exact) mass is 577 g/mol. The molecule has 4 aromatic rings. The van der Waals surface area contributed by atoms with Crippen LogP contribution < -0.4 is 14.8 Å². The Morgan fingerprint density at radius 1 is 0.977 bits per heavy atom. The molecule has 220 valence electrons. The van der Waals surface area contributed by atoms with Crippen molar-refractivity contribution >= 4 is 17.0 Å².